The largest absolute Gasteiger partial charge is 0.417 e. The Kier molecular flexibility index (Phi) is 5.98. The predicted molar refractivity (Wildman–Crippen MR) is 112 cm³/mol. The summed E-state index contributed by atoms with van der Waals surface area (Å²) in [5.41, 5.74) is 0.815. The molecule has 0 saturated carbocycles. The molecule has 1 aliphatic rings. The van der Waals surface area contributed by atoms with Gasteiger partial charge in [-0.1, -0.05) is 72.0 Å². The number of allylic oxidation sites excluding steroid dienone is 2. The van der Waals surface area contributed by atoms with Gasteiger partial charge in [0.25, 0.3) is 5.91 Å². The van der Waals surface area contributed by atoms with Gasteiger partial charge in [0.05, 0.1) is 21.2 Å². The highest BCUT2D eigenvalue weighted by Crippen LogP contribution is 2.40. The van der Waals surface area contributed by atoms with E-state index in [4.69, 9.17) is 23.8 Å². The molecule has 1 amide bonds. The average molecular weight is 440 g/mol. The van der Waals surface area contributed by atoms with Gasteiger partial charge in [-0.25, -0.2) is 0 Å². The normalized spacial score (nSPS) is 17.0. The van der Waals surface area contributed by atoms with Crippen LogP contribution < -0.4 is 4.90 Å². The van der Waals surface area contributed by atoms with Crippen LogP contribution in [-0.4, -0.2) is 10.2 Å². The van der Waals surface area contributed by atoms with Gasteiger partial charge in [0.15, 0.2) is 4.32 Å². The van der Waals surface area contributed by atoms with E-state index in [1.54, 1.807) is 6.08 Å². The predicted octanol–water partition coefficient (Wildman–Crippen LogP) is 6.71. The van der Waals surface area contributed by atoms with Gasteiger partial charge in [-0.3, -0.25) is 9.69 Å². The first-order valence-electron chi connectivity index (χ1n) is 8.05. The minimum atomic E-state index is -4.63. The van der Waals surface area contributed by atoms with E-state index in [-0.39, 0.29) is 10.0 Å². The molecule has 0 unspecified atom stereocenters. The highest BCUT2D eigenvalue weighted by atomic mass is 35.5. The van der Waals surface area contributed by atoms with Crippen LogP contribution >= 0.6 is 35.6 Å². The van der Waals surface area contributed by atoms with Gasteiger partial charge in [-0.15, -0.1) is 0 Å². The summed E-state index contributed by atoms with van der Waals surface area (Å²) in [6.07, 6.45) is -1.05. The number of thiocarbonyl (C=S) groups is 1. The third kappa shape index (κ3) is 4.48. The summed E-state index contributed by atoms with van der Waals surface area (Å²) in [5, 5.41) is -0.432. The first kappa shape index (κ1) is 20.6. The number of carbonyl (C=O) groups excluding carboxylic acids is 1. The summed E-state index contributed by atoms with van der Waals surface area (Å²) in [7, 11) is 0. The lowest BCUT2D eigenvalue weighted by atomic mass is 10.1. The SMILES string of the molecule is CC(=C\c1ccccc1)/C=C1/SC(=S)N(c2ccc(Cl)c(C(F)(F)F)c2)C1=O. The van der Waals surface area contributed by atoms with Crippen molar-refractivity contribution in [3.63, 3.8) is 0 Å². The maximum absolute atomic E-state index is 13.1. The Hall–Kier alpha value is -2.09. The minimum absolute atomic E-state index is 0.0346. The average Bonchev–Trinajstić information content (AvgIpc) is 2.89. The molecule has 1 fully saturated rings. The maximum atomic E-state index is 13.1. The Morgan fingerprint density at radius 3 is 2.50 bits per heavy atom. The van der Waals surface area contributed by atoms with Crippen molar-refractivity contribution in [1.82, 2.24) is 0 Å². The second-order valence-corrected chi connectivity index (χ2v) is 8.06. The molecule has 8 heteroatoms. The second kappa shape index (κ2) is 8.11. The Labute approximate surface area is 174 Å². The lowest BCUT2D eigenvalue weighted by molar-refractivity contribution is -0.137. The number of halogens is 4. The summed E-state index contributed by atoms with van der Waals surface area (Å²) in [4.78, 5) is 14.2. The molecule has 1 saturated heterocycles. The van der Waals surface area contributed by atoms with E-state index in [1.165, 1.54) is 6.07 Å². The lowest BCUT2D eigenvalue weighted by Crippen LogP contribution is -2.27. The molecule has 0 atom stereocenters. The van der Waals surface area contributed by atoms with Crippen molar-refractivity contribution in [1.29, 1.82) is 0 Å². The molecule has 2 nitrogen and oxygen atoms in total. The van der Waals surface area contributed by atoms with Crippen molar-refractivity contribution < 1.29 is 18.0 Å². The summed E-state index contributed by atoms with van der Waals surface area (Å²) < 4.78 is 39.5. The van der Waals surface area contributed by atoms with Crippen LogP contribution in [0.1, 0.15) is 18.1 Å². The molecule has 28 heavy (non-hydrogen) atoms. The molecule has 0 N–H and O–H groups in total. The number of hydrogen-bond acceptors (Lipinski definition) is 3. The van der Waals surface area contributed by atoms with E-state index < -0.39 is 22.7 Å². The Morgan fingerprint density at radius 2 is 1.86 bits per heavy atom. The van der Waals surface area contributed by atoms with E-state index in [1.807, 2.05) is 43.3 Å². The second-order valence-electron chi connectivity index (χ2n) is 5.98. The summed E-state index contributed by atoms with van der Waals surface area (Å²) in [6.45, 7) is 1.84. The van der Waals surface area contributed by atoms with E-state index in [0.29, 0.717) is 4.91 Å². The zero-order valence-electron chi connectivity index (χ0n) is 14.5. The van der Waals surface area contributed by atoms with Gasteiger partial charge in [0.1, 0.15) is 0 Å². The number of hydrogen-bond donors (Lipinski definition) is 0. The molecule has 0 spiro atoms. The molecule has 0 aliphatic carbocycles. The maximum Gasteiger partial charge on any atom is 0.417 e. The standard InChI is InChI=1S/C20H13ClF3NOS2/c1-12(9-13-5-3-2-4-6-13)10-17-18(26)25(19(27)28-17)14-7-8-16(21)15(11-14)20(22,23)24/h2-11H,1H3/b12-9+,17-10+. The van der Waals surface area contributed by atoms with Gasteiger partial charge in [-0.2, -0.15) is 13.2 Å². The monoisotopic (exact) mass is 439 g/mol. The van der Waals surface area contributed by atoms with Crippen LogP contribution in [0.2, 0.25) is 5.02 Å². The summed E-state index contributed by atoms with van der Waals surface area (Å²) in [5.74, 6) is -0.466. The summed E-state index contributed by atoms with van der Waals surface area (Å²) in [6, 6.07) is 12.8. The quantitative estimate of drug-likeness (QED) is 0.391. The number of benzene rings is 2. The van der Waals surface area contributed by atoms with Crippen LogP contribution in [0, 0.1) is 0 Å². The molecule has 1 aliphatic heterocycles. The van der Waals surface area contributed by atoms with Crippen LogP contribution in [-0.2, 0) is 11.0 Å². The number of alkyl halides is 3. The van der Waals surface area contributed by atoms with Gasteiger partial charge < -0.3 is 0 Å². The van der Waals surface area contributed by atoms with Crippen LogP contribution in [0.3, 0.4) is 0 Å². The van der Waals surface area contributed by atoms with Gasteiger partial charge in [0.2, 0.25) is 0 Å². The zero-order valence-corrected chi connectivity index (χ0v) is 16.8. The molecule has 0 aromatic heterocycles. The third-order valence-electron chi connectivity index (χ3n) is 3.86. The minimum Gasteiger partial charge on any atom is -0.268 e. The Balaban J connectivity index is 1.91. The molecule has 0 radical (unpaired) electrons. The number of thioether (sulfide) groups is 1. The first-order valence-corrected chi connectivity index (χ1v) is 9.65. The van der Waals surface area contributed by atoms with Crippen molar-refractivity contribution >= 4 is 57.6 Å². The van der Waals surface area contributed by atoms with Crippen LogP contribution in [0.5, 0.6) is 0 Å². The number of anilines is 1. The molecule has 2 aromatic carbocycles. The number of nitrogens with zero attached hydrogens (tertiary/aromatic N) is 1. The van der Waals surface area contributed by atoms with Gasteiger partial charge in [0, 0.05) is 0 Å². The van der Waals surface area contributed by atoms with Crippen LogP contribution in [0.15, 0.2) is 65.1 Å². The fourth-order valence-corrected chi connectivity index (χ4v) is 4.19. The topological polar surface area (TPSA) is 20.3 Å². The number of rotatable bonds is 3. The van der Waals surface area contributed by atoms with Crippen molar-refractivity contribution in [2.24, 2.45) is 0 Å². The summed E-state index contributed by atoms with van der Waals surface area (Å²) >= 11 is 11.9. The van der Waals surface area contributed by atoms with E-state index >= 15 is 0 Å². The van der Waals surface area contributed by atoms with Crippen LogP contribution in [0.4, 0.5) is 18.9 Å². The Morgan fingerprint density at radius 1 is 1.18 bits per heavy atom. The Bertz CT molecular complexity index is 1000. The molecule has 2 aromatic rings. The van der Waals surface area contributed by atoms with Gasteiger partial charge in [-0.05, 0) is 42.3 Å². The first-order chi connectivity index (χ1) is 13.2. The smallest absolute Gasteiger partial charge is 0.268 e. The molecular weight excluding hydrogens is 427 g/mol. The molecule has 144 valence electrons. The molecular formula is C20H13ClF3NOS2. The van der Waals surface area contributed by atoms with Gasteiger partial charge >= 0.3 is 6.18 Å². The van der Waals surface area contributed by atoms with Crippen molar-refractivity contribution in [3.05, 3.63) is 81.2 Å². The fourth-order valence-electron chi connectivity index (χ4n) is 2.62. The number of amides is 1. The number of carbonyl (C=O) groups is 1. The van der Waals surface area contributed by atoms with E-state index in [2.05, 4.69) is 0 Å². The fraction of sp³-hybridized carbons (Fsp3) is 0.100. The van der Waals surface area contributed by atoms with Crippen LogP contribution in [0.25, 0.3) is 6.08 Å². The van der Waals surface area contributed by atoms with Crippen molar-refractivity contribution in [2.45, 2.75) is 13.1 Å². The molecule has 3 rings (SSSR count). The third-order valence-corrected chi connectivity index (χ3v) is 5.49. The van der Waals surface area contributed by atoms with E-state index in [9.17, 15) is 18.0 Å². The zero-order chi connectivity index (χ0) is 20.5. The lowest BCUT2D eigenvalue weighted by Gasteiger charge is -2.17. The highest BCUT2D eigenvalue weighted by Gasteiger charge is 2.37. The van der Waals surface area contributed by atoms with Crippen molar-refractivity contribution in [2.75, 3.05) is 4.90 Å². The highest BCUT2D eigenvalue weighted by molar-refractivity contribution is 8.27. The molecule has 1 heterocycles. The molecule has 0 bridgehead atoms. The van der Waals surface area contributed by atoms with E-state index in [0.717, 1.165) is 39.9 Å². The van der Waals surface area contributed by atoms with Crippen molar-refractivity contribution in [3.8, 4) is 0 Å².